The van der Waals surface area contributed by atoms with Crippen molar-refractivity contribution in [2.75, 3.05) is 0 Å². The number of nitrogens with zero attached hydrogens (tertiary/aromatic N) is 1. The van der Waals surface area contributed by atoms with Crippen molar-refractivity contribution in [3.63, 3.8) is 0 Å². The molecule has 0 aliphatic carbocycles. The van der Waals surface area contributed by atoms with Crippen molar-refractivity contribution >= 4 is 6.72 Å². The van der Waals surface area contributed by atoms with E-state index < -0.39 is 0 Å². The molecule has 0 amide bonds. The zero-order chi connectivity index (χ0) is 6.41. The van der Waals surface area contributed by atoms with Crippen molar-refractivity contribution in [2.24, 2.45) is 4.99 Å². The molecule has 42 valence electrons. The van der Waals surface area contributed by atoms with E-state index >= 15 is 0 Å². The summed E-state index contributed by atoms with van der Waals surface area (Å²) in [5.41, 5.74) is 3.80. The average molecular weight is 107 g/mol. The Morgan fingerprint density at radius 2 is 2.38 bits per heavy atom. The van der Waals surface area contributed by atoms with Gasteiger partial charge in [0.2, 0.25) is 0 Å². The lowest BCUT2D eigenvalue weighted by molar-refractivity contribution is 1.52. The summed E-state index contributed by atoms with van der Waals surface area (Å²) in [5.74, 6) is 0. The summed E-state index contributed by atoms with van der Waals surface area (Å²) in [4.78, 5) is 3.47. The van der Waals surface area contributed by atoms with Crippen LogP contribution in [-0.2, 0) is 0 Å². The second-order valence-electron chi connectivity index (χ2n) is 1.34. The monoisotopic (exact) mass is 107 g/mol. The third-order valence-corrected chi connectivity index (χ3v) is 0.690. The van der Waals surface area contributed by atoms with Crippen LogP contribution in [0.15, 0.2) is 35.2 Å². The Morgan fingerprint density at radius 3 is 2.75 bits per heavy atom. The molecule has 0 N–H and O–H groups in total. The molecule has 0 aromatic carbocycles. The van der Waals surface area contributed by atoms with Gasteiger partial charge in [-0.3, -0.25) is 4.99 Å². The highest BCUT2D eigenvalue weighted by molar-refractivity contribution is 5.26. The fourth-order valence-corrected chi connectivity index (χ4v) is 0.206. The van der Waals surface area contributed by atoms with E-state index in [1.54, 1.807) is 6.08 Å². The smallest absolute Gasteiger partial charge is 0.0681 e. The van der Waals surface area contributed by atoms with Crippen LogP contribution in [0.3, 0.4) is 0 Å². The molecule has 8 heavy (non-hydrogen) atoms. The van der Waals surface area contributed by atoms with Crippen molar-refractivity contribution < 1.29 is 0 Å². The zero-order valence-electron chi connectivity index (χ0n) is 5.02. The Hall–Kier alpha value is -1.07. The molecule has 0 fully saturated rings. The Balaban J connectivity index is 4.11. The SMILES string of the molecule is C=CC(C)=C=CN=C. The molecular weight excluding hydrogens is 98.1 g/mol. The van der Waals surface area contributed by atoms with Crippen LogP contribution in [0.25, 0.3) is 0 Å². The predicted octanol–water partition coefficient (Wildman–Crippen LogP) is 1.93. The van der Waals surface area contributed by atoms with E-state index in [9.17, 15) is 0 Å². The standard InChI is InChI=1S/C7H9N/c1-4-7(2)5-6-8-3/h4,6H,1,3H2,2H3. The molecule has 0 spiro atoms. The Labute approximate surface area is 49.8 Å². The summed E-state index contributed by atoms with van der Waals surface area (Å²) in [6.45, 7) is 8.68. The summed E-state index contributed by atoms with van der Waals surface area (Å²) >= 11 is 0. The molecule has 0 rings (SSSR count). The predicted molar refractivity (Wildman–Crippen MR) is 37.0 cm³/mol. The third-order valence-electron chi connectivity index (χ3n) is 0.690. The maximum Gasteiger partial charge on any atom is 0.0681 e. The van der Waals surface area contributed by atoms with Crippen LogP contribution in [-0.4, -0.2) is 6.72 Å². The van der Waals surface area contributed by atoms with Gasteiger partial charge in [-0.1, -0.05) is 18.4 Å². The number of aliphatic imine (C=N–C) groups is 1. The molecule has 1 heteroatoms. The lowest BCUT2D eigenvalue weighted by Crippen LogP contribution is -1.56. The second-order valence-corrected chi connectivity index (χ2v) is 1.34. The van der Waals surface area contributed by atoms with Gasteiger partial charge in [-0.25, -0.2) is 0 Å². The van der Waals surface area contributed by atoms with E-state index in [-0.39, 0.29) is 0 Å². The van der Waals surface area contributed by atoms with Crippen molar-refractivity contribution in [1.29, 1.82) is 0 Å². The van der Waals surface area contributed by atoms with Crippen LogP contribution >= 0.6 is 0 Å². The van der Waals surface area contributed by atoms with Gasteiger partial charge in [0.05, 0.1) is 6.20 Å². The van der Waals surface area contributed by atoms with Gasteiger partial charge in [0, 0.05) is 0 Å². The number of hydrogen-bond donors (Lipinski definition) is 0. The van der Waals surface area contributed by atoms with Gasteiger partial charge < -0.3 is 0 Å². The molecule has 0 aliphatic heterocycles. The molecule has 0 aromatic rings. The van der Waals surface area contributed by atoms with Gasteiger partial charge in [0.25, 0.3) is 0 Å². The van der Waals surface area contributed by atoms with E-state index in [2.05, 4.69) is 24.0 Å². The van der Waals surface area contributed by atoms with Crippen LogP contribution in [0.4, 0.5) is 0 Å². The second kappa shape index (κ2) is 4.10. The van der Waals surface area contributed by atoms with Crippen LogP contribution < -0.4 is 0 Å². The summed E-state index contributed by atoms with van der Waals surface area (Å²) in [6.07, 6.45) is 3.22. The van der Waals surface area contributed by atoms with Gasteiger partial charge in [0.1, 0.15) is 0 Å². The summed E-state index contributed by atoms with van der Waals surface area (Å²) < 4.78 is 0. The van der Waals surface area contributed by atoms with Crippen molar-refractivity contribution in [3.05, 3.63) is 30.2 Å². The van der Waals surface area contributed by atoms with Crippen LogP contribution in [0.1, 0.15) is 6.92 Å². The minimum Gasteiger partial charge on any atom is -0.264 e. The minimum atomic E-state index is 0.970. The molecule has 0 radical (unpaired) electrons. The number of rotatable bonds is 2. The average Bonchev–Trinajstić information content (AvgIpc) is 1.83. The molecular formula is C7H9N. The first kappa shape index (κ1) is 6.93. The van der Waals surface area contributed by atoms with E-state index in [0.29, 0.717) is 0 Å². The molecule has 0 aliphatic rings. The first-order valence-corrected chi connectivity index (χ1v) is 2.31. The zero-order valence-corrected chi connectivity index (χ0v) is 5.02. The fourth-order valence-electron chi connectivity index (χ4n) is 0.206. The normalized spacial score (nSPS) is 6.62. The summed E-state index contributed by atoms with van der Waals surface area (Å²) in [5, 5.41) is 0. The highest BCUT2D eigenvalue weighted by atomic mass is 14.6. The highest BCUT2D eigenvalue weighted by Gasteiger charge is 1.67. The fraction of sp³-hybridized carbons (Fsp3) is 0.143. The first-order chi connectivity index (χ1) is 3.81. The van der Waals surface area contributed by atoms with Crippen LogP contribution in [0.2, 0.25) is 0 Å². The molecule has 0 atom stereocenters. The highest BCUT2D eigenvalue weighted by Crippen LogP contribution is 1.86. The maximum absolute atomic E-state index is 3.53. The Kier molecular flexibility index (Phi) is 3.55. The topological polar surface area (TPSA) is 12.4 Å². The lowest BCUT2D eigenvalue weighted by atomic mass is 10.3. The minimum absolute atomic E-state index is 0.970. The molecule has 0 unspecified atom stereocenters. The van der Waals surface area contributed by atoms with Crippen molar-refractivity contribution in [1.82, 2.24) is 0 Å². The summed E-state index contributed by atoms with van der Waals surface area (Å²) in [6, 6.07) is 0. The lowest BCUT2D eigenvalue weighted by Gasteiger charge is -1.75. The van der Waals surface area contributed by atoms with Crippen molar-refractivity contribution in [3.8, 4) is 0 Å². The van der Waals surface area contributed by atoms with Crippen molar-refractivity contribution in [2.45, 2.75) is 6.92 Å². The molecule has 0 bridgehead atoms. The number of allylic oxidation sites excluding steroid dienone is 2. The van der Waals surface area contributed by atoms with Crippen LogP contribution in [0.5, 0.6) is 0 Å². The van der Waals surface area contributed by atoms with E-state index in [4.69, 9.17) is 0 Å². The Bertz CT molecular complexity index is 148. The largest absolute Gasteiger partial charge is 0.264 e. The van der Waals surface area contributed by atoms with Gasteiger partial charge in [-0.2, -0.15) is 0 Å². The van der Waals surface area contributed by atoms with E-state index in [1.807, 2.05) is 6.92 Å². The van der Waals surface area contributed by atoms with E-state index in [1.165, 1.54) is 6.20 Å². The third kappa shape index (κ3) is 3.13. The quantitative estimate of drug-likeness (QED) is 0.290. The van der Waals surface area contributed by atoms with E-state index in [0.717, 1.165) is 5.57 Å². The molecule has 0 heterocycles. The van der Waals surface area contributed by atoms with Crippen LogP contribution in [0, 0.1) is 0 Å². The number of hydrogen-bond acceptors (Lipinski definition) is 1. The molecule has 0 aromatic heterocycles. The maximum atomic E-state index is 3.53. The molecule has 1 nitrogen and oxygen atoms in total. The molecule has 0 saturated heterocycles. The summed E-state index contributed by atoms with van der Waals surface area (Å²) in [7, 11) is 0. The first-order valence-electron chi connectivity index (χ1n) is 2.31. The van der Waals surface area contributed by atoms with Gasteiger partial charge in [-0.15, -0.1) is 0 Å². The Morgan fingerprint density at radius 1 is 1.75 bits per heavy atom. The molecule has 0 saturated carbocycles. The van der Waals surface area contributed by atoms with Gasteiger partial charge in [0.15, 0.2) is 0 Å². The van der Waals surface area contributed by atoms with Gasteiger partial charge in [-0.05, 0) is 19.2 Å². The van der Waals surface area contributed by atoms with Gasteiger partial charge >= 0.3 is 0 Å².